The Kier molecular flexibility index (Phi) is 6.78. The van der Waals surface area contributed by atoms with Gasteiger partial charge in [0.2, 0.25) is 0 Å². The van der Waals surface area contributed by atoms with Crippen molar-refractivity contribution in [2.24, 2.45) is 4.99 Å². The summed E-state index contributed by atoms with van der Waals surface area (Å²) in [7, 11) is 2.04. The van der Waals surface area contributed by atoms with Gasteiger partial charge in [-0.25, -0.2) is 0 Å². The Balaban J connectivity index is 2.00. The van der Waals surface area contributed by atoms with Crippen LogP contribution in [0.15, 0.2) is 29.3 Å². The molecule has 1 aliphatic rings. The third kappa shape index (κ3) is 5.43. The van der Waals surface area contributed by atoms with E-state index in [1.807, 2.05) is 18.8 Å². The third-order valence-corrected chi connectivity index (χ3v) is 5.39. The lowest BCUT2D eigenvalue weighted by Crippen LogP contribution is -2.41. The number of benzene rings is 1. The second-order valence-electron chi connectivity index (χ2n) is 6.22. The highest BCUT2D eigenvalue weighted by atomic mass is 32.2. The van der Waals surface area contributed by atoms with Crippen LogP contribution in [0.1, 0.15) is 31.4 Å². The van der Waals surface area contributed by atoms with Gasteiger partial charge in [-0.3, -0.25) is 4.99 Å². The molecular formula is C18H29N3OS. The maximum absolute atomic E-state index is 10.5. The van der Waals surface area contributed by atoms with Crippen LogP contribution in [0.3, 0.4) is 0 Å². The highest BCUT2D eigenvalue weighted by molar-refractivity contribution is 7.99. The number of aryl methyl sites for hydroxylation is 1. The molecule has 1 saturated heterocycles. The fraction of sp³-hybridized carbons (Fsp3) is 0.611. The van der Waals surface area contributed by atoms with Crippen LogP contribution in [-0.4, -0.2) is 53.2 Å². The summed E-state index contributed by atoms with van der Waals surface area (Å²) in [6, 6.07) is 8.73. The molecule has 1 aromatic rings. The molecule has 0 saturated carbocycles. The van der Waals surface area contributed by atoms with Gasteiger partial charge in [0.1, 0.15) is 0 Å². The predicted molar refractivity (Wildman–Crippen MR) is 100 cm³/mol. The fourth-order valence-electron chi connectivity index (χ4n) is 2.64. The molecule has 0 aromatic heterocycles. The summed E-state index contributed by atoms with van der Waals surface area (Å²) in [6.45, 7) is 6.35. The summed E-state index contributed by atoms with van der Waals surface area (Å²) in [5.74, 6) is 2.68. The molecule has 1 heterocycles. The van der Waals surface area contributed by atoms with Crippen LogP contribution >= 0.6 is 11.8 Å². The van der Waals surface area contributed by atoms with Crippen LogP contribution in [0.4, 0.5) is 0 Å². The molecule has 2 rings (SSSR count). The standard InChI is InChI=1S/C18H29N3OS/c1-4-15-6-8-16(9-7-15)12-21(3)17(19-5-2)20-13-18(22)10-11-23-14-18/h6-9,22H,4-5,10-14H2,1-3H3,(H,19,20). The van der Waals surface area contributed by atoms with Crippen molar-refractivity contribution in [1.82, 2.24) is 10.2 Å². The van der Waals surface area contributed by atoms with Gasteiger partial charge in [-0.05, 0) is 36.6 Å². The van der Waals surface area contributed by atoms with Crippen molar-refractivity contribution in [2.75, 3.05) is 31.6 Å². The highest BCUT2D eigenvalue weighted by Gasteiger charge is 2.31. The van der Waals surface area contributed by atoms with Gasteiger partial charge in [-0.2, -0.15) is 11.8 Å². The van der Waals surface area contributed by atoms with Gasteiger partial charge in [0, 0.05) is 25.9 Å². The Hall–Kier alpha value is -1.20. The Morgan fingerprint density at radius 1 is 1.30 bits per heavy atom. The molecule has 1 atom stereocenters. The average molecular weight is 336 g/mol. The van der Waals surface area contributed by atoms with Crippen molar-refractivity contribution < 1.29 is 5.11 Å². The number of hydrogen-bond acceptors (Lipinski definition) is 3. The number of nitrogens with zero attached hydrogens (tertiary/aromatic N) is 2. The third-order valence-electron chi connectivity index (χ3n) is 4.15. The number of aliphatic hydroxyl groups is 1. The smallest absolute Gasteiger partial charge is 0.194 e. The molecule has 0 amide bonds. The number of hydrogen-bond donors (Lipinski definition) is 2. The van der Waals surface area contributed by atoms with E-state index in [1.165, 1.54) is 11.1 Å². The van der Waals surface area contributed by atoms with Crippen molar-refractivity contribution in [1.29, 1.82) is 0 Å². The van der Waals surface area contributed by atoms with E-state index in [0.29, 0.717) is 6.54 Å². The molecule has 4 nitrogen and oxygen atoms in total. The number of nitrogens with one attached hydrogen (secondary N) is 1. The topological polar surface area (TPSA) is 47.9 Å². The molecule has 1 fully saturated rings. The summed E-state index contributed by atoms with van der Waals surface area (Å²) in [4.78, 5) is 6.79. The second-order valence-corrected chi connectivity index (χ2v) is 7.33. The van der Waals surface area contributed by atoms with Gasteiger partial charge >= 0.3 is 0 Å². The molecule has 2 N–H and O–H groups in total. The minimum Gasteiger partial charge on any atom is -0.387 e. The molecule has 0 aliphatic carbocycles. The molecule has 0 radical (unpaired) electrons. The van der Waals surface area contributed by atoms with E-state index in [4.69, 9.17) is 0 Å². The monoisotopic (exact) mass is 335 g/mol. The zero-order valence-electron chi connectivity index (χ0n) is 14.5. The van der Waals surface area contributed by atoms with Gasteiger partial charge in [-0.15, -0.1) is 0 Å². The van der Waals surface area contributed by atoms with E-state index in [-0.39, 0.29) is 0 Å². The molecule has 1 unspecified atom stereocenters. The minimum atomic E-state index is -0.630. The van der Waals surface area contributed by atoms with Gasteiger partial charge in [0.25, 0.3) is 0 Å². The summed E-state index contributed by atoms with van der Waals surface area (Å²) in [5, 5.41) is 13.8. The van der Waals surface area contributed by atoms with E-state index >= 15 is 0 Å². The molecule has 0 spiro atoms. The molecule has 0 bridgehead atoms. The van der Waals surface area contributed by atoms with Crippen LogP contribution < -0.4 is 5.32 Å². The van der Waals surface area contributed by atoms with Crippen molar-refractivity contribution in [2.45, 2.75) is 38.8 Å². The maximum atomic E-state index is 10.5. The van der Waals surface area contributed by atoms with E-state index < -0.39 is 5.60 Å². The Morgan fingerprint density at radius 3 is 2.57 bits per heavy atom. The van der Waals surface area contributed by atoms with Crippen LogP contribution in [0, 0.1) is 0 Å². The van der Waals surface area contributed by atoms with Gasteiger partial charge in [0.15, 0.2) is 5.96 Å². The van der Waals surface area contributed by atoms with Crippen molar-refractivity contribution in [3.8, 4) is 0 Å². The zero-order valence-corrected chi connectivity index (χ0v) is 15.3. The molecular weight excluding hydrogens is 306 g/mol. The zero-order chi connectivity index (χ0) is 16.7. The van der Waals surface area contributed by atoms with Gasteiger partial charge < -0.3 is 15.3 Å². The largest absolute Gasteiger partial charge is 0.387 e. The summed E-state index contributed by atoms with van der Waals surface area (Å²) in [6.07, 6.45) is 1.90. The van der Waals surface area contributed by atoms with Crippen molar-refractivity contribution in [3.05, 3.63) is 35.4 Å². The first-order valence-electron chi connectivity index (χ1n) is 8.43. The number of aliphatic imine (C=N–C) groups is 1. The van der Waals surface area contributed by atoms with E-state index in [1.54, 1.807) is 0 Å². The lowest BCUT2D eigenvalue weighted by Gasteiger charge is -2.25. The Morgan fingerprint density at radius 2 is 2.00 bits per heavy atom. The quantitative estimate of drug-likeness (QED) is 0.619. The normalized spacial score (nSPS) is 21.5. The average Bonchev–Trinajstić information content (AvgIpc) is 2.99. The maximum Gasteiger partial charge on any atom is 0.194 e. The van der Waals surface area contributed by atoms with E-state index in [9.17, 15) is 5.11 Å². The first kappa shape index (κ1) is 18.1. The number of guanidine groups is 1. The Labute approximate surface area is 144 Å². The Bertz CT molecular complexity index is 510. The van der Waals surface area contributed by atoms with Crippen molar-refractivity contribution >= 4 is 17.7 Å². The lowest BCUT2D eigenvalue weighted by molar-refractivity contribution is 0.0776. The highest BCUT2D eigenvalue weighted by Crippen LogP contribution is 2.27. The van der Waals surface area contributed by atoms with Crippen LogP contribution in [0.2, 0.25) is 0 Å². The lowest BCUT2D eigenvalue weighted by atomic mass is 10.0. The fourth-order valence-corrected chi connectivity index (χ4v) is 3.93. The number of rotatable bonds is 6. The van der Waals surface area contributed by atoms with E-state index in [0.717, 1.165) is 43.4 Å². The molecule has 1 aliphatic heterocycles. The second kappa shape index (κ2) is 8.60. The number of thioether (sulfide) groups is 1. The van der Waals surface area contributed by atoms with Gasteiger partial charge in [-0.1, -0.05) is 31.2 Å². The first-order chi connectivity index (χ1) is 11.1. The summed E-state index contributed by atoms with van der Waals surface area (Å²) in [5.41, 5.74) is 2.00. The predicted octanol–water partition coefficient (Wildman–Crippen LogP) is 2.51. The first-order valence-corrected chi connectivity index (χ1v) is 9.59. The van der Waals surface area contributed by atoms with Crippen LogP contribution in [-0.2, 0) is 13.0 Å². The van der Waals surface area contributed by atoms with Gasteiger partial charge in [0.05, 0.1) is 12.1 Å². The van der Waals surface area contributed by atoms with Crippen molar-refractivity contribution in [3.63, 3.8) is 0 Å². The molecule has 5 heteroatoms. The molecule has 1 aromatic carbocycles. The SMILES string of the molecule is CCNC(=NCC1(O)CCSC1)N(C)Cc1ccc(CC)cc1. The summed E-state index contributed by atoms with van der Waals surface area (Å²) < 4.78 is 0. The molecule has 128 valence electrons. The molecule has 23 heavy (non-hydrogen) atoms. The van der Waals surface area contributed by atoms with E-state index in [2.05, 4.69) is 53.3 Å². The minimum absolute atomic E-state index is 0.474. The summed E-state index contributed by atoms with van der Waals surface area (Å²) >= 11 is 1.81. The van der Waals surface area contributed by atoms with Crippen LogP contribution in [0.25, 0.3) is 0 Å². The van der Waals surface area contributed by atoms with Crippen LogP contribution in [0.5, 0.6) is 0 Å².